The Hall–Kier alpha value is -0.0800. The molecule has 2 unspecified atom stereocenters. The minimum absolute atomic E-state index is 0.150. The second-order valence-electron chi connectivity index (χ2n) is 5.27. The fourth-order valence-electron chi connectivity index (χ4n) is 1.83. The van der Waals surface area contributed by atoms with Gasteiger partial charge in [0.15, 0.2) is 0 Å². The third-order valence-electron chi connectivity index (χ3n) is 3.39. The van der Waals surface area contributed by atoms with E-state index < -0.39 is 0 Å². The summed E-state index contributed by atoms with van der Waals surface area (Å²) < 4.78 is 0. The van der Waals surface area contributed by atoms with E-state index in [4.69, 9.17) is 0 Å². The molecule has 0 aromatic carbocycles. The van der Waals surface area contributed by atoms with Crippen LogP contribution in [-0.4, -0.2) is 22.8 Å². The van der Waals surface area contributed by atoms with E-state index in [2.05, 4.69) is 26.1 Å². The lowest BCUT2D eigenvalue weighted by molar-refractivity contribution is 0.0841. The average Bonchev–Trinajstić information content (AvgIpc) is 2.85. The van der Waals surface area contributed by atoms with Crippen molar-refractivity contribution in [2.45, 2.75) is 71.1 Å². The van der Waals surface area contributed by atoms with Gasteiger partial charge in [-0.15, -0.1) is 0 Å². The summed E-state index contributed by atoms with van der Waals surface area (Å²) in [5.74, 6) is 0.868. The van der Waals surface area contributed by atoms with E-state index in [-0.39, 0.29) is 11.6 Å². The Morgan fingerprint density at radius 1 is 1.43 bits per heavy atom. The molecule has 0 amide bonds. The topological polar surface area (TPSA) is 32.3 Å². The maximum Gasteiger partial charge on any atom is 0.0688 e. The van der Waals surface area contributed by atoms with Gasteiger partial charge >= 0.3 is 0 Å². The second-order valence-corrected chi connectivity index (χ2v) is 5.27. The van der Waals surface area contributed by atoms with Crippen molar-refractivity contribution in [2.24, 2.45) is 5.92 Å². The zero-order valence-electron chi connectivity index (χ0n) is 10.0. The van der Waals surface area contributed by atoms with Gasteiger partial charge in [0.25, 0.3) is 0 Å². The van der Waals surface area contributed by atoms with Gasteiger partial charge in [-0.2, -0.15) is 0 Å². The molecule has 0 bridgehead atoms. The van der Waals surface area contributed by atoms with Crippen LogP contribution in [0.4, 0.5) is 0 Å². The molecule has 0 radical (unpaired) electrons. The van der Waals surface area contributed by atoms with Gasteiger partial charge in [-0.3, -0.25) is 0 Å². The van der Waals surface area contributed by atoms with Crippen LogP contribution in [-0.2, 0) is 0 Å². The third-order valence-corrected chi connectivity index (χ3v) is 3.39. The van der Waals surface area contributed by atoms with Crippen molar-refractivity contribution in [3.05, 3.63) is 0 Å². The number of nitrogens with one attached hydrogen (secondary N) is 1. The fraction of sp³-hybridized carbons (Fsp3) is 1.00. The molecule has 0 aromatic rings. The Labute approximate surface area is 88.1 Å². The molecule has 0 spiro atoms. The highest BCUT2D eigenvalue weighted by molar-refractivity contribution is 4.93. The van der Waals surface area contributed by atoms with Crippen LogP contribution in [0.25, 0.3) is 0 Å². The highest BCUT2D eigenvalue weighted by atomic mass is 16.3. The van der Waals surface area contributed by atoms with Crippen molar-refractivity contribution in [1.29, 1.82) is 0 Å². The van der Waals surface area contributed by atoms with Gasteiger partial charge in [0.1, 0.15) is 0 Å². The lowest BCUT2D eigenvalue weighted by atomic mass is 9.95. The Balaban J connectivity index is 2.45. The largest absolute Gasteiger partial charge is 0.392 e. The van der Waals surface area contributed by atoms with Crippen molar-refractivity contribution in [1.82, 2.24) is 5.32 Å². The van der Waals surface area contributed by atoms with E-state index >= 15 is 0 Å². The predicted octanol–water partition coefficient (Wildman–Crippen LogP) is 2.31. The molecule has 2 N–H and O–H groups in total. The van der Waals surface area contributed by atoms with Crippen LogP contribution in [0.5, 0.6) is 0 Å². The van der Waals surface area contributed by atoms with Crippen molar-refractivity contribution < 1.29 is 5.11 Å². The standard InChI is InChI=1S/C12H25NO/c1-5-6-11(10-7-8-10)13-12(3,4)9(2)14/h9-11,13-14H,5-8H2,1-4H3. The molecule has 0 heterocycles. The van der Waals surface area contributed by atoms with Crippen LogP contribution in [0.2, 0.25) is 0 Å². The predicted molar refractivity (Wildman–Crippen MR) is 60.3 cm³/mol. The fourth-order valence-corrected chi connectivity index (χ4v) is 1.83. The van der Waals surface area contributed by atoms with Crippen molar-refractivity contribution in [2.75, 3.05) is 0 Å². The van der Waals surface area contributed by atoms with Gasteiger partial charge in [-0.05, 0) is 46.0 Å². The molecule has 1 fully saturated rings. The summed E-state index contributed by atoms with van der Waals surface area (Å²) in [5.41, 5.74) is -0.150. The Bertz CT molecular complexity index is 173. The summed E-state index contributed by atoms with van der Waals surface area (Å²) in [4.78, 5) is 0. The Kier molecular flexibility index (Phi) is 3.96. The normalized spacial score (nSPS) is 22.1. The third kappa shape index (κ3) is 3.25. The van der Waals surface area contributed by atoms with Gasteiger partial charge in [0.05, 0.1) is 6.10 Å². The molecule has 1 rings (SSSR count). The first-order valence-electron chi connectivity index (χ1n) is 5.93. The first kappa shape index (κ1) is 12.0. The minimum Gasteiger partial charge on any atom is -0.392 e. The van der Waals surface area contributed by atoms with Crippen LogP contribution < -0.4 is 5.32 Å². The Morgan fingerprint density at radius 2 is 2.00 bits per heavy atom. The summed E-state index contributed by atoms with van der Waals surface area (Å²) in [6.07, 6.45) is 4.91. The van der Waals surface area contributed by atoms with Crippen LogP contribution in [0.1, 0.15) is 53.4 Å². The molecule has 1 saturated carbocycles. The van der Waals surface area contributed by atoms with E-state index in [1.165, 1.54) is 25.7 Å². The van der Waals surface area contributed by atoms with Crippen LogP contribution in [0, 0.1) is 5.92 Å². The van der Waals surface area contributed by atoms with E-state index in [1.807, 2.05) is 6.92 Å². The molecule has 0 aliphatic heterocycles. The van der Waals surface area contributed by atoms with Crippen molar-refractivity contribution in [3.63, 3.8) is 0 Å². The van der Waals surface area contributed by atoms with Gasteiger partial charge in [0, 0.05) is 11.6 Å². The van der Waals surface area contributed by atoms with Gasteiger partial charge < -0.3 is 10.4 Å². The molecular formula is C12H25NO. The first-order valence-corrected chi connectivity index (χ1v) is 5.93. The Morgan fingerprint density at radius 3 is 2.36 bits per heavy atom. The van der Waals surface area contributed by atoms with E-state index in [0.717, 1.165) is 5.92 Å². The van der Waals surface area contributed by atoms with E-state index in [1.54, 1.807) is 0 Å². The number of aliphatic hydroxyl groups excluding tert-OH is 1. The zero-order chi connectivity index (χ0) is 10.8. The quantitative estimate of drug-likeness (QED) is 0.688. The molecule has 0 aromatic heterocycles. The lowest BCUT2D eigenvalue weighted by Crippen LogP contribution is -2.53. The SMILES string of the molecule is CCCC(NC(C)(C)C(C)O)C1CC1. The lowest BCUT2D eigenvalue weighted by Gasteiger charge is -2.34. The number of hydrogen-bond acceptors (Lipinski definition) is 2. The first-order chi connectivity index (χ1) is 6.47. The second kappa shape index (κ2) is 4.63. The molecule has 0 saturated heterocycles. The monoisotopic (exact) mass is 199 g/mol. The molecule has 2 heteroatoms. The smallest absolute Gasteiger partial charge is 0.0688 e. The highest BCUT2D eigenvalue weighted by Gasteiger charge is 2.35. The molecule has 1 aliphatic carbocycles. The van der Waals surface area contributed by atoms with Crippen LogP contribution in [0.15, 0.2) is 0 Å². The van der Waals surface area contributed by atoms with Gasteiger partial charge in [-0.1, -0.05) is 13.3 Å². The van der Waals surface area contributed by atoms with Crippen LogP contribution in [0.3, 0.4) is 0 Å². The van der Waals surface area contributed by atoms with Crippen molar-refractivity contribution in [3.8, 4) is 0 Å². The number of rotatable bonds is 6. The van der Waals surface area contributed by atoms with Gasteiger partial charge in [-0.25, -0.2) is 0 Å². The maximum atomic E-state index is 9.64. The highest BCUT2D eigenvalue weighted by Crippen LogP contribution is 2.35. The van der Waals surface area contributed by atoms with E-state index in [0.29, 0.717) is 6.04 Å². The van der Waals surface area contributed by atoms with Gasteiger partial charge in [0.2, 0.25) is 0 Å². The molecular weight excluding hydrogens is 174 g/mol. The van der Waals surface area contributed by atoms with Crippen molar-refractivity contribution >= 4 is 0 Å². The summed E-state index contributed by atoms with van der Waals surface area (Å²) >= 11 is 0. The number of hydrogen-bond donors (Lipinski definition) is 2. The maximum absolute atomic E-state index is 9.64. The molecule has 84 valence electrons. The summed E-state index contributed by atoms with van der Waals surface area (Å²) in [5, 5.41) is 13.2. The summed E-state index contributed by atoms with van der Waals surface area (Å²) in [7, 11) is 0. The molecule has 2 atom stereocenters. The molecule has 1 aliphatic rings. The molecule has 2 nitrogen and oxygen atoms in total. The van der Waals surface area contributed by atoms with Crippen LogP contribution >= 0.6 is 0 Å². The minimum atomic E-state index is -0.291. The van der Waals surface area contributed by atoms with E-state index in [9.17, 15) is 5.11 Å². The summed E-state index contributed by atoms with van der Waals surface area (Å²) in [6, 6.07) is 0.615. The zero-order valence-corrected chi connectivity index (χ0v) is 10.0. The number of aliphatic hydroxyl groups is 1. The summed E-state index contributed by atoms with van der Waals surface area (Å²) in [6.45, 7) is 8.26. The average molecular weight is 199 g/mol. The molecule has 14 heavy (non-hydrogen) atoms.